The molecule has 0 atom stereocenters. The molecule has 146 valence electrons. The Morgan fingerprint density at radius 3 is 2.68 bits per heavy atom. The van der Waals surface area contributed by atoms with Gasteiger partial charge in [0.05, 0.1) is 18.2 Å². The maximum Gasteiger partial charge on any atom is 0.234 e. The number of hydrogen-bond acceptors (Lipinski definition) is 4. The summed E-state index contributed by atoms with van der Waals surface area (Å²) in [7, 11) is 0. The Kier molecular flexibility index (Phi) is 7.45. The zero-order valence-corrected chi connectivity index (χ0v) is 16.1. The standard InChI is InChI=1S/C23H27N3O2/c24-14-18-6-4-8-20(12-18)17-28-22-11-5-7-19(13-22)15-25-16-23(27)26-21-9-2-1-3-10-21/h4-8,11-13,21,25H,1-3,9-10,15-17H2,(H,26,27). The first-order chi connectivity index (χ1) is 13.7. The molecule has 1 saturated carbocycles. The van der Waals surface area contributed by atoms with Gasteiger partial charge < -0.3 is 15.4 Å². The van der Waals surface area contributed by atoms with Crippen molar-refractivity contribution in [3.8, 4) is 11.8 Å². The van der Waals surface area contributed by atoms with E-state index in [1.165, 1.54) is 19.3 Å². The Bertz CT molecular complexity index is 823. The van der Waals surface area contributed by atoms with Crippen LogP contribution in [-0.2, 0) is 17.9 Å². The summed E-state index contributed by atoms with van der Waals surface area (Å²) in [4.78, 5) is 12.1. The fourth-order valence-corrected chi connectivity index (χ4v) is 3.49. The Labute approximate surface area is 166 Å². The summed E-state index contributed by atoms with van der Waals surface area (Å²) in [6.07, 6.45) is 5.91. The molecule has 28 heavy (non-hydrogen) atoms. The number of nitrogens with one attached hydrogen (secondary N) is 2. The summed E-state index contributed by atoms with van der Waals surface area (Å²) < 4.78 is 5.84. The number of rotatable bonds is 8. The molecule has 2 aromatic rings. The van der Waals surface area contributed by atoms with Crippen LogP contribution in [0.4, 0.5) is 0 Å². The largest absolute Gasteiger partial charge is 0.489 e. The molecule has 1 fully saturated rings. The second kappa shape index (κ2) is 10.5. The van der Waals surface area contributed by atoms with Crippen molar-refractivity contribution in [2.75, 3.05) is 6.54 Å². The first kappa shape index (κ1) is 19.9. The van der Waals surface area contributed by atoms with E-state index in [2.05, 4.69) is 16.7 Å². The fourth-order valence-electron chi connectivity index (χ4n) is 3.49. The van der Waals surface area contributed by atoms with Gasteiger partial charge in [0.1, 0.15) is 12.4 Å². The molecule has 0 aliphatic heterocycles. The highest BCUT2D eigenvalue weighted by Crippen LogP contribution is 2.17. The quantitative estimate of drug-likeness (QED) is 0.736. The summed E-state index contributed by atoms with van der Waals surface area (Å²) in [5, 5.41) is 15.3. The van der Waals surface area contributed by atoms with Gasteiger partial charge in [-0.1, -0.05) is 43.5 Å². The minimum absolute atomic E-state index is 0.0664. The van der Waals surface area contributed by atoms with Gasteiger partial charge in [-0.05, 0) is 48.2 Å². The highest BCUT2D eigenvalue weighted by Gasteiger charge is 2.15. The lowest BCUT2D eigenvalue weighted by molar-refractivity contribution is -0.121. The van der Waals surface area contributed by atoms with Crippen LogP contribution in [0.1, 0.15) is 48.8 Å². The SMILES string of the molecule is N#Cc1cccc(COc2cccc(CNCC(=O)NC3CCCCC3)c2)c1. The number of amides is 1. The highest BCUT2D eigenvalue weighted by atomic mass is 16.5. The van der Waals surface area contributed by atoms with Gasteiger partial charge in [-0.15, -0.1) is 0 Å². The molecular weight excluding hydrogens is 350 g/mol. The Morgan fingerprint density at radius 2 is 1.86 bits per heavy atom. The maximum atomic E-state index is 12.1. The minimum atomic E-state index is 0.0664. The summed E-state index contributed by atoms with van der Waals surface area (Å²) in [5.41, 5.74) is 2.65. The molecule has 0 saturated heterocycles. The van der Waals surface area contributed by atoms with E-state index in [-0.39, 0.29) is 5.91 Å². The Hall–Kier alpha value is -2.84. The van der Waals surface area contributed by atoms with E-state index in [1.54, 1.807) is 6.07 Å². The van der Waals surface area contributed by atoms with E-state index in [0.29, 0.717) is 31.3 Å². The molecular formula is C23H27N3O2. The second-order valence-corrected chi connectivity index (χ2v) is 7.25. The summed E-state index contributed by atoms with van der Waals surface area (Å²) >= 11 is 0. The molecule has 1 amide bonds. The van der Waals surface area contributed by atoms with Crippen molar-refractivity contribution in [1.29, 1.82) is 5.26 Å². The second-order valence-electron chi connectivity index (χ2n) is 7.25. The molecule has 0 heterocycles. The lowest BCUT2D eigenvalue weighted by atomic mass is 9.95. The van der Waals surface area contributed by atoms with E-state index in [4.69, 9.17) is 10.00 Å². The van der Waals surface area contributed by atoms with Crippen molar-refractivity contribution >= 4 is 5.91 Å². The van der Waals surface area contributed by atoms with Gasteiger partial charge >= 0.3 is 0 Å². The van der Waals surface area contributed by atoms with E-state index >= 15 is 0 Å². The number of ether oxygens (including phenoxy) is 1. The molecule has 1 aliphatic carbocycles. The third-order valence-electron chi connectivity index (χ3n) is 4.94. The van der Waals surface area contributed by atoms with Gasteiger partial charge in [-0.2, -0.15) is 5.26 Å². The molecule has 0 unspecified atom stereocenters. The molecule has 0 aromatic heterocycles. The third kappa shape index (κ3) is 6.40. The van der Waals surface area contributed by atoms with E-state index in [0.717, 1.165) is 29.7 Å². The van der Waals surface area contributed by atoms with Crippen LogP contribution in [0.3, 0.4) is 0 Å². The van der Waals surface area contributed by atoms with Gasteiger partial charge in [-0.3, -0.25) is 4.79 Å². The predicted molar refractivity (Wildman–Crippen MR) is 109 cm³/mol. The average Bonchev–Trinajstić information content (AvgIpc) is 2.73. The number of carbonyl (C=O) groups excluding carboxylic acids is 1. The lowest BCUT2D eigenvalue weighted by Gasteiger charge is -2.22. The molecule has 5 heteroatoms. The number of hydrogen-bond donors (Lipinski definition) is 2. The number of nitriles is 1. The first-order valence-electron chi connectivity index (χ1n) is 9.94. The topological polar surface area (TPSA) is 74.1 Å². The highest BCUT2D eigenvalue weighted by molar-refractivity contribution is 5.78. The molecule has 0 spiro atoms. The van der Waals surface area contributed by atoms with Crippen LogP contribution in [0.5, 0.6) is 5.75 Å². The normalized spacial score (nSPS) is 14.2. The van der Waals surface area contributed by atoms with E-state index in [9.17, 15) is 4.79 Å². The van der Waals surface area contributed by atoms with Crippen molar-refractivity contribution < 1.29 is 9.53 Å². The van der Waals surface area contributed by atoms with Crippen molar-refractivity contribution in [2.45, 2.75) is 51.3 Å². The van der Waals surface area contributed by atoms with Crippen LogP contribution in [0.15, 0.2) is 48.5 Å². The van der Waals surface area contributed by atoms with Gasteiger partial charge in [0.2, 0.25) is 5.91 Å². The van der Waals surface area contributed by atoms with Gasteiger partial charge in [0, 0.05) is 12.6 Å². The van der Waals surface area contributed by atoms with Crippen molar-refractivity contribution in [3.63, 3.8) is 0 Å². The van der Waals surface area contributed by atoms with Crippen LogP contribution < -0.4 is 15.4 Å². The molecule has 2 N–H and O–H groups in total. The van der Waals surface area contributed by atoms with Gasteiger partial charge in [0.15, 0.2) is 0 Å². The van der Waals surface area contributed by atoms with Crippen LogP contribution >= 0.6 is 0 Å². The zero-order chi connectivity index (χ0) is 19.6. The van der Waals surface area contributed by atoms with Crippen molar-refractivity contribution in [1.82, 2.24) is 10.6 Å². The van der Waals surface area contributed by atoms with E-state index < -0.39 is 0 Å². The van der Waals surface area contributed by atoms with Gasteiger partial charge in [-0.25, -0.2) is 0 Å². The lowest BCUT2D eigenvalue weighted by Crippen LogP contribution is -2.41. The third-order valence-corrected chi connectivity index (χ3v) is 4.94. The Balaban J connectivity index is 1.42. The first-order valence-corrected chi connectivity index (χ1v) is 9.94. The number of carbonyl (C=O) groups is 1. The maximum absolute atomic E-state index is 12.1. The summed E-state index contributed by atoms with van der Waals surface area (Å²) in [6.45, 7) is 1.35. The average molecular weight is 377 g/mol. The predicted octanol–water partition coefficient (Wildman–Crippen LogP) is 3.68. The number of nitrogens with zero attached hydrogens (tertiary/aromatic N) is 1. The fraction of sp³-hybridized carbons (Fsp3) is 0.391. The number of benzene rings is 2. The molecule has 0 bridgehead atoms. The molecule has 0 radical (unpaired) electrons. The van der Waals surface area contributed by atoms with Gasteiger partial charge in [0.25, 0.3) is 0 Å². The summed E-state index contributed by atoms with van der Waals surface area (Å²) in [5.74, 6) is 0.838. The molecule has 2 aromatic carbocycles. The smallest absolute Gasteiger partial charge is 0.234 e. The van der Waals surface area contributed by atoms with Crippen molar-refractivity contribution in [3.05, 3.63) is 65.2 Å². The monoisotopic (exact) mass is 377 g/mol. The molecule has 5 nitrogen and oxygen atoms in total. The van der Waals surface area contributed by atoms with E-state index in [1.807, 2.05) is 42.5 Å². The van der Waals surface area contributed by atoms with Crippen LogP contribution in [0, 0.1) is 11.3 Å². The summed E-state index contributed by atoms with van der Waals surface area (Å²) in [6, 6.07) is 17.7. The minimum Gasteiger partial charge on any atom is -0.489 e. The zero-order valence-electron chi connectivity index (χ0n) is 16.1. The van der Waals surface area contributed by atoms with Crippen LogP contribution in [-0.4, -0.2) is 18.5 Å². The molecule has 1 aliphatic rings. The Morgan fingerprint density at radius 1 is 1.07 bits per heavy atom. The van der Waals surface area contributed by atoms with Crippen molar-refractivity contribution in [2.24, 2.45) is 0 Å². The van der Waals surface area contributed by atoms with Crippen LogP contribution in [0.25, 0.3) is 0 Å². The van der Waals surface area contributed by atoms with Crippen LogP contribution in [0.2, 0.25) is 0 Å². The molecule has 3 rings (SSSR count).